The number of aryl methyl sites for hydroxylation is 1. The second-order valence-corrected chi connectivity index (χ2v) is 6.02. The minimum absolute atomic E-state index is 0.135. The van der Waals surface area contributed by atoms with Crippen molar-refractivity contribution in [2.75, 3.05) is 0 Å². The van der Waals surface area contributed by atoms with Crippen LogP contribution in [-0.4, -0.2) is 18.6 Å². The molecule has 0 aliphatic rings. The summed E-state index contributed by atoms with van der Waals surface area (Å²) in [7, 11) is -3.81. The van der Waals surface area contributed by atoms with E-state index in [4.69, 9.17) is 4.18 Å². The molecule has 1 heterocycles. The van der Waals surface area contributed by atoms with Gasteiger partial charge >= 0.3 is 10.1 Å². The Morgan fingerprint density at radius 2 is 1.85 bits per heavy atom. The zero-order valence-electron chi connectivity index (χ0n) is 10.7. The van der Waals surface area contributed by atoms with E-state index < -0.39 is 10.1 Å². The molecule has 0 spiro atoms. The lowest BCUT2D eigenvalue weighted by Crippen LogP contribution is -2.09. The van der Waals surface area contributed by atoms with Crippen molar-refractivity contribution in [2.24, 2.45) is 0 Å². The van der Waals surface area contributed by atoms with Gasteiger partial charge in [0, 0.05) is 5.39 Å². The van der Waals surface area contributed by atoms with Crippen LogP contribution < -0.4 is 4.18 Å². The maximum absolute atomic E-state index is 12.1. The van der Waals surface area contributed by atoms with Crippen molar-refractivity contribution >= 4 is 21.0 Å². The molecule has 0 saturated carbocycles. The molecule has 1 aromatic heterocycles. The smallest absolute Gasteiger partial charge is 0.339 e. The predicted molar refractivity (Wildman–Crippen MR) is 75.1 cm³/mol. The number of hydrogen-bond acceptors (Lipinski definition) is 4. The van der Waals surface area contributed by atoms with E-state index >= 15 is 0 Å². The van der Waals surface area contributed by atoms with Crippen molar-refractivity contribution in [2.45, 2.75) is 11.8 Å². The van der Waals surface area contributed by atoms with Gasteiger partial charge in [-0.15, -0.1) is 0 Å². The average molecular weight is 288 g/mol. The monoisotopic (exact) mass is 288 g/mol. The Labute approximate surface area is 116 Å². The van der Waals surface area contributed by atoms with E-state index in [0.29, 0.717) is 0 Å². The van der Waals surface area contributed by atoms with Crippen LogP contribution in [0.2, 0.25) is 0 Å². The van der Waals surface area contributed by atoms with Gasteiger partial charge in [0.15, 0.2) is 0 Å². The summed E-state index contributed by atoms with van der Waals surface area (Å²) in [5.41, 5.74) is 1.81. The molecule has 1 N–H and O–H groups in total. The molecule has 0 atom stereocenters. The Morgan fingerprint density at radius 1 is 1.10 bits per heavy atom. The predicted octanol–water partition coefficient (Wildman–Crippen LogP) is 2.64. The Hall–Kier alpha value is -2.34. The number of hydrogen-bond donors (Lipinski definition) is 1. The topological polar surface area (TPSA) is 72.1 Å². The van der Waals surface area contributed by atoms with Crippen molar-refractivity contribution < 1.29 is 12.6 Å². The summed E-state index contributed by atoms with van der Waals surface area (Å²) in [6.07, 6.45) is 1.61. The van der Waals surface area contributed by atoms with Gasteiger partial charge in [0.25, 0.3) is 0 Å². The van der Waals surface area contributed by atoms with Gasteiger partial charge in [-0.3, -0.25) is 5.10 Å². The van der Waals surface area contributed by atoms with Gasteiger partial charge in [-0.2, -0.15) is 13.5 Å². The van der Waals surface area contributed by atoms with E-state index in [9.17, 15) is 8.42 Å². The van der Waals surface area contributed by atoms with Crippen molar-refractivity contribution in [3.05, 3.63) is 54.2 Å². The van der Waals surface area contributed by atoms with Crippen LogP contribution in [-0.2, 0) is 10.1 Å². The Balaban J connectivity index is 1.94. The molecule has 0 unspecified atom stereocenters. The lowest BCUT2D eigenvalue weighted by molar-refractivity contribution is 0.486. The Bertz CT molecular complexity index is 852. The zero-order chi connectivity index (χ0) is 14.2. The summed E-state index contributed by atoms with van der Waals surface area (Å²) in [6, 6.07) is 11.5. The number of nitrogens with one attached hydrogen (secondary N) is 1. The van der Waals surface area contributed by atoms with Gasteiger partial charge in [0.1, 0.15) is 10.6 Å². The van der Waals surface area contributed by atoms with Crippen LogP contribution in [0.5, 0.6) is 5.75 Å². The Kier molecular flexibility index (Phi) is 2.94. The summed E-state index contributed by atoms with van der Waals surface area (Å²) in [5, 5.41) is 7.46. The maximum Gasteiger partial charge on any atom is 0.339 e. The molecule has 0 fully saturated rings. The number of rotatable bonds is 3. The minimum atomic E-state index is -3.81. The summed E-state index contributed by atoms with van der Waals surface area (Å²) in [5.74, 6) is 0.263. The van der Waals surface area contributed by atoms with E-state index in [1.807, 2.05) is 6.92 Å². The second kappa shape index (κ2) is 4.64. The van der Waals surface area contributed by atoms with E-state index in [1.54, 1.807) is 36.5 Å². The molecular formula is C14H12N2O3S. The third kappa shape index (κ3) is 2.37. The average Bonchev–Trinajstić information content (AvgIpc) is 2.86. The van der Waals surface area contributed by atoms with Gasteiger partial charge in [0.05, 0.1) is 11.7 Å². The molecule has 0 saturated heterocycles. The fourth-order valence-electron chi connectivity index (χ4n) is 1.85. The van der Waals surface area contributed by atoms with Crippen LogP contribution in [0.15, 0.2) is 53.6 Å². The number of aromatic nitrogens is 2. The van der Waals surface area contributed by atoms with Crippen molar-refractivity contribution in [1.82, 2.24) is 10.2 Å². The summed E-state index contributed by atoms with van der Waals surface area (Å²) < 4.78 is 29.4. The SMILES string of the molecule is Cc1ccc(S(=O)(=O)Oc2ccc3[nH]ncc3c2)cc1. The molecule has 2 aromatic carbocycles. The number of benzene rings is 2. The largest absolute Gasteiger partial charge is 0.379 e. The number of H-pyrrole nitrogens is 1. The van der Waals surface area contributed by atoms with Crippen LogP contribution in [0.3, 0.4) is 0 Å². The van der Waals surface area contributed by atoms with Crippen LogP contribution in [0, 0.1) is 6.92 Å². The highest BCUT2D eigenvalue weighted by Crippen LogP contribution is 2.22. The molecule has 0 radical (unpaired) electrons. The number of aromatic amines is 1. The second-order valence-electron chi connectivity index (χ2n) is 4.47. The zero-order valence-corrected chi connectivity index (χ0v) is 11.5. The first-order valence-electron chi connectivity index (χ1n) is 5.99. The minimum Gasteiger partial charge on any atom is -0.379 e. The molecule has 3 rings (SSSR count). The van der Waals surface area contributed by atoms with Gasteiger partial charge in [-0.1, -0.05) is 17.7 Å². The van der Waals surface area contributed by atoms with Gasteiger partial charge in [-0.05, 0) is 37.3 Å². The van der Waals surface area contributed by atoms with Crippen LogP contribution in [0.25, 0.3) is 10.9 Å². The summed E-state index contributed by atoms with van der Waals surface area (Å²) in [6.45, 7) is 1.89. The first-order chi connectivity index (χ1) is 9.54. The molecule has 20 heavy (non-hydrogen) atoms. The van der Waals surface area contributed by atoms with Crippen LogP contribution >= 0.6 is 0 Å². The standard InChI is InChI=1S/C14H12N2O3S/c1-10-2-5-13(6-3-10)20(17,18)19-12-4-7-14-11(8-12)9-15-16-14/h2-9H,1H3,(H,15,16). The normalized spacial score (nSPS) is 11.7. The highest BCUT2D eigenvalue weighted by molar-refractivity contribution is 7.87. The van der Waals surface area contributed by atoms with Crippen molar-refractivity contribution in [3.63, 3.8) is 0 Å². The van der Waals surface area contributed by atoms with Crippen molar-refractivity contribution in [3.8, 4) is 5.75 Å². The fraction of sp³-hybridized carbons (Fsp3) is 0.0714. The first kappa shape index (κ1) is 12.7. The molecule has 3 aromatic rings. The third-order valence-electron chi connectivity index (χ3n) is 2.93. The lowest BCUT2D eigenvalue weighted by atomic mass is 10.2. The van der Waals surface area contributed by atoms with Gasteiger partial charge in [-0.25, -0.2) is 0 Å². The van der Waals surface area contributed by atoms with Crippen LogP contribution in [0.4, 0.5) is 0 Å². The van der Waals surface area contributed by atoms with E-state index in [-0.39, 0.29) is 10.6 Å². The number of fused-ring (bicyclic) bond motifs is 1. The molecule has 0 aliphatic heterocycles. The van der Waals surface area contributed by atoms with Gasteiger partial charge < -0.3 is 4.18 Å². The summed E-state index contributed by atoms with van der Waals surface area (Å²) in [4.78, 5) is 0.135. The lowest BCUT2D eigenvalue weighted by Gasteiger charge is -2.07. The molecule has 0 bridgehead atoms. The van der Waals surface area contributed by atoms with E-state index in [2.05, 4.69) is 10.2 Å². The molecule has 5 nitrogen and oxygen atoms in total. The molecule has 0 amide bonds. The third-order valence-corrected chi connectivity index (χ3v) is 4.19. The molecular weight excluding hydrogens is 276 g/mol. The number of nitrogens with zero attached hydrogens (tertiary/aromatic N) is 1. The highest BCUT2D eigenvalue weighted by Gasteiger charge is 2.16. The fourth-order valence-corrected chi connectivity index (χ4v) is 2.78. The maximum atomic E-state index is 12.1. The Morgan fingerprint density at radius 3 is 2.60 bits per heavy atom. The van der Waals surface area contributed by atoms with Gasteiger partial charge in [0.2, 0.25) is 0 Å². The van der Waals surface area contributed by atoms with Crippen LogP contribution in [0.1, 0.15) is 5.56 Å². The van der Waals surface area contributed by atoms with E-state index in [1.165, 1.54) is 12.1 Å². The molecule has 102 valence electrons. The first-order valence-corrected chi connectivity index (χ1v) is 7.40. The highest BCUT2D eigenvalue weighted by atomic mass is 32.2. The quantitative estimate of drug-likeness (QED) is 0.752. The summed E-state index contributed by atoms with van der Waals surface area (Å²) >= 11 is 0. The molecule has 6 heteroatoms. The van der Waals surface area contributed by atoms with E-state index in [0.717, 1.165) is 16.5 Å². The van der Waals surface area contributed by atoms with Crippen molar-refractivity contribution in [1.29, 1.82) is 0 Å². The molecule has 0 aliphatic carbocycles.